The largest absolute Gasteiger partial charge is 0.367 e. The summed E-state index contributed by atoms with van der Waals surface area (Å²) in [7, 11) is -1.42. The van der Waals surface area contributed by atoms with Crippen molar-refractivity contribution >= 4 is 15.7 Å². The third-order valence-corrected chi connectivity index (χ3v) is 5.30. The summed E-state index contributed by atoms with van der Waals surface area (Å²) in [6, 6.07) is 9.22. The number of ether oxygens (including phenoxy) is 1. The van der Waals surface area contributed by atoms with Crippen LogP contribution < -0.4 is 5.32 Å². The molecule has 1 saturated heterocycles. The lowest BCUT2D eigenvalue weighted by atomic mass is 10.1. The molecule has 1 amide bonds. The molecule has 0 aliphatic carbocycles. The standard InChI is InChI=1S/C14H19NO4S/c1-19-13(12-5-3-2-4-6-12)14(16)15-9-11-7-8-20(17,18)10-11/h2-6,11,13H,7-10H2,1H3,(H,15,16). The summed E-state index contributed by atoms with van der Waals surface area (Å²) in [4.78, 5) is 12.1. The molecule has 0 spiro atoms. The fourth-order valence-electron chi connectivity index (χ4n) is 2.39. The highest BCUT2D eigenvalue weighted by Gasteiger charge is 2.29. The van der Waals surface area contributed by atoms with E-state index in [0.29, 0.717) is 13.0 Å². The predicted molar refractivity (Wildman–Crippen MR) is 76.0 cm³/mol. The molecule has 0 bridgehead atoms. The van der Waals surface area contributed by atoms with Crippen LogP contribution in [0.15, 0.2) is 30.3 Å². The second-order valence-electron chi connectivity index (χ2n) is 5.04. The molecule has 1 fully saturated rings. The van der Waals surface area contributed by atoms with E-state index in [-0.39, 0.29) is 23.3 Å². The Bertz CT molecular complexity index is 556. The van der Waals surface area contributed by atoms with Crippen LogP contribution in [0, 0.1) is 5.92 Å². The zero-order valence-corrected chi connectivity index (χ0v) is 12.2. The maximum Gasteiger partial charge on any atom is 0.253 e. The van der Waals surface area contributed by atoms with Gasteiger partial charge in [-0.25, -0.2) is 8.42 Å². The molecule has 0 saturated carbocycles. The zero-order valence-electron chi connectivity index (χ0n) is 11.4. The van der Waals surface area contributed by atoms with Crippen LogP contribution in [-0.4, -0.2) is 39.5 Å². The number of benzene rings is 1. The van der Waals surface area contributed by atoms with Gasteiger partial charge < -0.3 is 10.1 Å². The summed E-state index contributed by atoms with van der Waals surface area (Å²) in [6.07, 6.45) is -0.0415. The van der Waals surface area contributed by atoms with Crippen molar-refractivity contribution in [2.75, 3.05) is 25.2 Å². The Hall–Kier alpha value is -1.40. The quantitative estimate of drug-likeness (QED) is 0.877. The van der Waals surface area contributed by atoms with Gasteiger partial charge in [-0.15, -0.1) is 0 Å². The van der Waals surface area contributed by atoms with Gasteiger partial charge in [-0.05, 0) is 17.9 Å². The molecule has 0 aromatic heterocycles. The van der Waals surface area contributed by atoms with E-state index in [9.17, 15) is 13.2 Å². The van der Waals surface area contributed by atoms with E-state index >= 15 is 0 Å². The van der Waals surface area contributed by atoms with E-state index in [1.807, 2.05) is 30.3 Å². The van der Waals surface area contributed by atoms with E-state index in [4.69, 9.17) is 4.74 Å². The van der Waals surface area contributed by atoms with Crippen LogP contribution in [0.4, 0.5) is 0 Å². The van der Waals surface area contributed by atoms with Crippen molar-refractivity contribution in [2.24, 2.45) is 5.92 Å². The molecule has 1 aliphatic heterocycles. The molecule has 1 aromatic rings. The number of hydrogen-bond acceptors (Lipinski definition) is 4. The highest BCUT2D eigenvalue weighted by Crippen LogP contribution is 2.19. The molecule has 110 valence electrons. The summed E-state index contributed by atoms with van der Waals surface area (Å²) in [5.74, 6) is 0.163. The van der Waals surface area contributed by atoms with E-state index in [1.54, 1.807) is 0 Å². The Kier molecular flexibility index (Phi) is 4.77. The number of carbonyl (C=O) groups is 1. The molecule has 6 heteroatoms. The van der Waals surface area contributed by atoms with Gasteiger partial charge in [0.05, 0.1) is 11.5 Å². The summed E-state index contributed by atoms with van der Waals surface area (Å²) < 4.78 is 27.9. The molecule has 1 heterocycles. The molecule has 1 N–H and O–H groups in total. The molecule has 2 unspecified atom stereocenters. The average molecular weight is 297 g/mol. The van der Waals surface area contributed by atoms with Crippen molar-refractivity contribution in [3.63, 3.8) is 0 Å². The summed E-state index contributed by atoms with van der Waals surface area (Å²) >= 11 is 0. The smallest absolute Gasteiger partial charge is 0.253 e. The first-order valence-corrected chi connectivity index (χ1v) is 8.40. The molecule has 5 nitrogen and oxygen atoms in total. The van der Waals surface area contributed by atoms with E-state index < -0.39 is 15.9 Å². The number of nitrogens with one attached hydrogen (secondary N) is 1. The number of sulfone groups is 1. The average Bonchev–Trinajstić information content (AvgIpc) is 2.78. The lowest BCUT2D eigenvalue weighted by molar-refractivity contribution is -0.131. The normalized spacial score (nSPS) is 22.4. The number of hydrogen-bond donors (Lipinski definition) is 1. The topological polar surface area (TPSA) is 72.5 Å². The third-order valence-electron chi connectivity index (χ3n) is 3.47. The minimum atomic E-state index is -2.90. The molecule has 1 aromatic carbocycles. The second kappa shape index (κ2) is 6.37. The van der Waals surface area contributed by atoms with E-state index in [0.717, 1.165) is 5.56 Å². The van der Waals surface area contributed by atoms with Gasteiger partial charge in [0.25, 0.3) is 5.91 Å². The van der Waals surface area contributed by atoms with Gasteiger partial charge in [0.2, 0.25) is 0 Å². The van der Waals surface area contributed by atoms with Crippen LogP contribution in [0.2, 0.25) is 0 Å². The first kappa shape index (κ1) is 15.0. The third kappa shape index (κ3) is 3.80. The van der Waals surface area contributed by atoms with Crippen LogP contribution >= 0.6 is 0 Å². The van der Waals surface area contributed by atoms with Gasteiger partial charge in [-0.1, -0.05) is 30.3 Å². The van der Waals surface area contributed by atoms with Crippen molar-refractivity contribution in [3.8, 4) is 0 Å². The van der Waals surface area contributed by atoms with Crippen molar-refractivity contribution in [3.05, 3.63) is 35.9 Å². The number of carbonyl (C=O) groups excluding carboxylic acids is 1. The second-order valence-corrected chi connectivity index (χ2v) is 7.27. The van der Waals surface area contributed by atoms with Gasteiger partial charge in [0, 0.05) is 13.7 Å². The Labute approximate surface area is 119 Å². The Morgan fingerprint density at radius 2 is 2.10 bits per heavy atom. The van der Waals surface area contributed by atoms with Crippen molar-refractivity contribution < 1.29 is 17.9 Å². The summed E-state index contributed by atoms with van der Waals surface area (Å²) in [5.41, 5.74) is 0.784. The minimum Gasteiger partial charge on any atom is -0.367 e. The maximum absolute atomic E-state index is 12.1. The number of rotatable bonds is 5. The molecule has 2 rings (SSSR count). The minimum absolute atomic E-state index is 0.0113. The van der Waals surface area contributed by atoms with Crippen molar-refractivity contribution in [1.29, 1.82) is 0 Å². The van der Waals surface area contributed by atoms with Crippen molar-refractivity contribution in [2.45, 2.75) is 12.5 Å². The maximum atomic E-state index is 12.1. The first-order valence-electron chi connectivity index (χ1n) is 6.58. The van der Waals surface area contributed by atoms with Gasteiger partial charge in [0.15, 0.2) is 15.9 Å². The molecular formula is C14H19NO4S. The fourth-order valence-corrected chi connectivity index (χ4v) is 4.25. The van der Waals surface area contributed by atoms with Gasteiger partial charge in [-0.2, -0.15) is 0 Å². The van der Waals surface area contributed by atoms with Crippen LogP contribution in [0.25, 0.3) is 0 Å². The fraction of sp³-hybridized carbons (Fsp3) is 0.500. The first-order chi connectivity index (χ1) is 9.52. The molecular weight excluding hydrogens is 278 g/mol. The van der Waals surface area contributed by atoms with Gasteiger partial charge >= 0.3 is 0 Å². The van der Waals surface area contributed by atoms with Crippen molar-refractivity contribution in [1.82, 2.24) is 5.32 Å². The molecule has 0 radical (unpaired) electrons. The predicted octanol–water partition coefficient (Wildman–Crippen LogP) is 0.925. The number of methoxy groups -OCH3 is 1. The highest BCUT2D eigenvalue weighted by atomic mass is 32.2. The Balaban J connectivity index is 1.91. The summed E-state index contributed by atoms with van der Waals surface area (Å²) in [6.45, 7) is 0.380. The lowest BCUT2D eigenvalue weighted by Gasteiger charge is -2.17. The number of amides is 1. The van der Waals surface area contributed by atoms with Crippen LogP contribution in [0.3, 0.4) is 0 Å². The summed E-state index contributed by atoms with van der Waals surface area (Å²) in [5, 5.41) is 2.78. The SMILES string of the molecule is COC(C(=O)NCC1CCS(=O)(=O)C1)c1ccccc1. The molecule has 20 heavy (non-hydrogen) atoms. The monoisotopic (exact) mass is 297 g/mol. The van der Waals surface area contributed by atoms with Crippen LogP contribution in [0.5, 0.6) is 0 Å². The Morgan fingerprint density at radius 3 is 2.65 bits per heavy atom. The van der Waals surface area contributed by atoms with Crippen LogP contribution in [0.1, 0.15) is 18.1 Å². The zero-order chi connectivity index (χ0) is 14.6. The Morgan fingerprint density at radius 1 is 1.40 bits per heavy atom. The molecule has 1 aliphatic rings. The van der Waals surface area contributed by atoms with E-state index in [1.165, 1.54) is 7.11 Å². The highest BCUT2D eigenvalue weighted by molar-refractivity contribution is 7.91. The van der Waals surface area contributed by atoms with Gasteiger partial charge in [0.1, 0.15) is 0 Å². The van der Waals surface area contributed by atoms with Crippen LogP contribution in [-0.2, 0) is 19.4 Å². The van der Waals surface area contributed by atoms with E-state index in [2.05, 4.69) is 5.32 Å². The molecule has 2 atom stereocenters. The van der Waals surface area contributed by atoms with Gasteiger partial charge in [-0.3, -0.25) is 4.79 Å². The lowest BCUT2D eigenvalue weighted by Crippen LogP contribution is -2.34.